The lowest BCUT2D eigenvalue weighted by Gasteiger charge is -2.19. The summed E-state index contributed by atoms with van der Waals surface area (Å²) < 4.78 is 30.9. The lowest BCUT2D eigenvalue weighted by molar-refractivity contribution is -0.113. The van der Waals surface area contributed by atoms with Crippen LogP contribution in [0.5, 0.6) is 5.75 Å². The highest BCUT2D eigenvalue weighted by molar-refractivity contribution is 7.99. The van der Waals surface area contributed by atoms with Crippen LogP contribution in [0, 0.1) is 0 Å². The Morgan fingerprint density at radius 1 is 1.09 bits per heavy atom. The molecule has 0 bridgehead atoms. The Labute approximate surface area is 203 Å². The summed E-state index contributed by atoms with van der Waals surface area (Å²) in [4.78, 5) is 12.4. The number of nitrogens with one attached hydrogen (secondary N) is 1. The summed E-state index contributed by atoms with van der Waals surface area (Å²) in [6, 6.07) is 14.2. The van der Waals surface area contributed by atoms with E-state index in [0.717, 1.165) is 30.8 Å². The lowest BCUT2D eigenvalue weighted by Crippen LogP contribution is -2.15. The van der Waals surface area contributed by atoms with E-state index < -0.39 is 6.61 Å². The van der Waals surface area contributed by atoms with Crippen LogP contribution in [0.3, 0.4) is 0 Å². The van der Waals surface area contributed by atoms with Gasteiger partial charge in [-0.2, -0.15) is 8.78 Å². The topological polar surface area (TPSA) is 69.0 Å². The minimum absolute atomic E-state index is 0.0365. The molecule has 0 aliphatic carbocycles. The van der Waals surface area contributed by atoms with E-state index in [4.69, 9.17) is 0 Å². The molecule has 1 N–H and O–H groups in total. The van der Waals surface area contributed by atoms with Crippen LogP contribution in [0.2, 0.25) is 0 Å². The van der Waals surface area contributed by atoms with Crippen LogP contribution in [-0.2, 0) is 16.8 Å². The molecule has 1 heterocycles. The smallest absolute Gasteiger partial charge is 0.387 e. The molecule has 0 saturated heterocycles. The number of aromatic nitrogens is 3. The predicted octanol–water partition coefficient (Wildman–Crippen LogP) is 6.37. The second kappa shape index (κ2) is 11.5. The molecule has 0 aliphatic rings. The van der Waals surface area contributed by atoms with Crippen LogP contribution in [0.25, 0.3) is 11.4 Å². The molecule has 0 spiro atoms. The summed E-state index contributed by atoms with van der Waals surface area (Å²) in [7, 11) is 0. The summed E-state index contributed by atoms with van der Waals surface area (Å²) in [6.45, 7) is 6.53. The lowest BCUT2D eigenvalue weighted by atomic mass is 9.87. The fourth-order valence-electron chi connectivity index (χ4n) is 3.29. The molecule has 0 fully saturated rings. The SMILES string of the molecule is CCCCn1c(SCC(=O)Nc2ccc(OC(F)F)cc2)nnc1-c1ccc(C(C)(C)C)cc1. The van der Waals surface area contributed by atoms with Gasteiger partial charge in [0.25, 0.3) is 0 Å². The number of thioether (sulfide) groups is 1. The Morgan fingerprint density at radius 2 is 1.76 bits per heavy atom. The van der Waals surface area contributed by atoms with Crippen molar-refractivity contribution >= 4 is 23.4 Å². The number of amides is 1. The fourth-order valence-corrected chi connectivity index (χ4v) is 4.06. The second-order valence-corrected chi connectivity index (χ2v) is 9.82. The van der Waals surface area contributed by atoms with Crippen molar-refractivity contribution in [3.05, 3.63) is 54.1 Å². The third kappa shape index (κ3) is 7.03. The van der Waals surface area contributed by atoms with Crippen molar-refractivity contribution in [3.63, 3.8) is 0 Å². The van der Waals surface area contributed by atoms with Gasteiger partial charge in [0.15, 0.2) is 11.0 Å². The zero-order chi connectivity index (χ0) is 24.7. The van der Waals surface area contributed by atoms with Crippen LogP contribution in [0.15, 0.2) is 53.7 Å². The van der Waals surface area contributed by atoms with Gasteiger partial charge in [-0.25, -0.2) is 0 Å². The van der Waals surface area contributed by atoms with Crippen LogP contribution >= 0.6 is 11.8 Å². The number of carbonyl (C=O) groups is 1. The zero-order valence-corrected chi connectivity index (χ0v) is 20.7. The van der Waals surface area contributed by atoms with Gasteiger partial charge in [-0.3, -0.25) is 4.79 Å². The molecule has 2 aromatic carbocycles. The first kappa shape index (κ1) is 25.7. The van der Waals surface area contributed by atoms with Crippen LogP contribution in [0.1, 0.15) is 46.1 Å². The van der Waals surface area contributed by atoms with E-state index in [9.17, 15) is 13.6 Å². The van der Waals surface area contributed by atoms with Gasteiger partial charge in [-0.1, -0.05) is 70.1 Å². The van der Waals surface area contributed by atoms with E-state index >= 15 is 0 Å². The van der Waals surface area contributed by atoms with Crippen molar-refractivity contribution in [2.24, 2.45) is 0 Å². The van der Waals surface area contributed by atoms with Gasteiger partial charge in [0.2, 0.25) is 5.91 Å². The van der Waals surface area contributed by atoms with Gasteiger partial charge in [0.05, 0.1) is 5.75 Å². The van der Waals surface area contributed by atoms with E-state index in [0.29, 0.717) is 10.8 Å². The molecule has 182 valence electrons. The number of nitrogens with zero attached hydrogens (tertiary/aromatic N) is 3. The molecule has 0 saturated carbocycles. The number of anilines is 1. The minimum atomic E-state index is -2.89. The molecule has 1 aromatic heterocycles. The van der Waals surface area contributed by atoms with Gasteiger partial charge in [-0.05, 0) is 41.7 Å². The highest BCUT2D eigenvalue weighted by Crippen LogP contribution is 2.28. The molecule has 3 rings (SSSR count). The highest BCUT2D eigenvalue weighted by atomic mass is 32.2. The van der Waals surface area contributed by atoms with Gasteiger partial charge < -0.3 is 14.6 Å². The fraction of sp³-hybridized carbons (Fsp3) is 0.400. The van der Waals surface area contributed by atoms with Gasteiger partial charge in [-0.15, -0.1) is 10.2 Å². The Bertz CT molecular complexity index is 1080. The maximum atomic E-state index is 12.4. The number of unbranched alkanes of at least 4 members (excludes halogenated alkanes) is 1. The van der Waals surface area contributed by atoms with Gasteiger partial charge in [0.1, 0.15) is 5.75 Å². The first-order chi connectivity index (χ1) is 16.2. The molecule has 1 amide bonds. The Balaban J connectivity index is 1.68. The number of carbonyl (C=O) groups excluding carboxylic acids is 1. The van der Waals surface area contributed by atoms with Crippen LogP contribution in [0.4, 0.5) is 14.5 Å². The van der Waals surface area contributed by atoms with E-state index in [2.05, 4.69) is 76.8 Å². The average molecular weight is 489 g/mol. The number of benzene rings is 2. The monoisotopic (exact) mass is 488 g/mol. The molecular formula is C25H30F2N4O2S. The van der Waals surface area contributed by atoms with Crippen molar-refractivity contribution in [2.45, 2.75) is 64.3 Å². The van der Waals surface area contributed by atoms with Crippen LogP contribution in [-0.4, -0.2) is 33.0 Å². The Hall–Kier alpha value is -2.94. The average Bonchev–Trinajstić information content (AvgIpc) is 3.19. The normalized spacial score (nSPS) is 11.6. The molecular weight excluding hydrogens is 458 g/mol. The van der Waals surface area contributed by atoms with Gasteiger partial charge >= 0.3 is 6.61 Å². The van der Waals surface area contributed by atoms with E-state index in [1.807, 2.05) is 0 Å². The Kier molecular flexibility index (Phi) is 8.66. The molecule has 0 radical (unpaired) electrons. The number of hydrogen-bond donors (Lipinski definition) is 1. The van der Waals surface area contributed by atoms with Crippen molar-refractivity contribution < 1.29 is 18.3 Å². The molecule has 6 nitrogen and oxygen atoms in total. The minimum Gasteiger partial charge on any atom is -0.435 e. The number of rotatable bonds is 10. The quantitative estimate of drug-likeness (QED) is 0.336. The van der Waals surface area contributed by atoms with Crippen molar-refractivity contribution in [2.75, 3.05) is 11.1 Å². The highest BCUT2D eigenvalue weighted by Gasteiger charge is 2.18. The summed E-state index contributed by atoms with van der Waals surface area (Å²) in [5, 5.41) is 12.2. The number of hydrogen-bond acceptors (Lipinski definition) is 5. The van der Waals surface area contributed by atoms with E-state index in [-0.39, 0.29) is 22.8 Å². The zero-order valence-electron chi connectivity index (χ0n) is 19.8. The second-order valence-electron chi connectivity index (χ2n) is 8.88. The van der Waals surface area contributed by atoms with E-state index in [1.165, 1.54) is 41.6 Å². The molecule has 0 aliphatic heterocycles. The van der Waals surface area contributed by atoms with Crippen molar-refractivity contribution in [3.8, 4) is 17.1 Å². The maximum Gasteiger partial charge on any atom is 0.387 e. The standard InChI is InChI=1S/C25H30F2N4O2S/c1-5-6-15-31-22(17-7-9-18(10-8-17)25(2,3)4)29-30-24(31)34-16-21(32)28-19-11-13-20(14-12-19)33-23(26)27/h7-14,23H,5-6,15-16H2,1-4H3,(H,28,32). The summed E-state index contributed by atoms with van der Waals surface area (Å²) in [5.74, 6) is 0.734. The van der Waals surface area contributed by atoms with Crippen LogP contribution < -0.4 is 10.1 Å². The molecule has 0 atom stereocenters. The summed E-state index contributed by atoms with van der Waals surface area (Å²) in [5.41, 5.74) is 2.80. The molecule has 3 aromatic rings. The third-order valence-corrected chi connectivity index (χ3v) is 6.12. The van der Waals surface area contributed by atoms with E-state index in [1.54, 1.807) is 0 Å². The number of ether oxygens (including phenoxy) is 1. The maximum absolute atomic E-state index is 12.4. The molecule has 34 heavy (non-hydrogen) atoms. The number of halogens is 2. The first-order valence-electron chi connectivity index (χ1n) is 11.2. The third-order valence-electron chi connectivity index (χ3n) is 5.16. The summed E-state index contributed by atoms with van der Waals surface area (Å²) >= 11 is 1.31. The summed E-state index contributed by atoms with van der Waals surface area (Å²) in [6.07, 6.45) is 1.99. The predicted molar refractivity (Wildman–Crippen MR) is 131 cm³/mol. The van der Waals surface area contributed by atoms with Crippen molar-refractivity contribution in [1.29, 1.82) is 0 Å². The Morgan fingerprint density at radius 3 is 2.35 bits per heavy atom. The molecule has 0 unspecified atom stereocenters. The molecule has 9 heteroatoms. The van der Waals surface area contributed by atoms with Crippen molar-refractivity contribution in [1.82, 2.24) is 14.8 Å². The first-order valence-corrected chi connectivity index (χ1v) is 12.2. The largest absolute Gasteiger partial charge is 0.435 e. The number of alkyl halides is 2. The van der Waals surface area contributed by atoms with Gasteiger partial charge in [0, 0.05) is 17.8 Å².